The Hall–Kier alpha value is -1.07. The molecule has 0 unspecified atom stereocenters. The van der Waals surface area contributed by atoms with Gasteiger partial charge in [0.2, 0.25) is 0 Å². The van der Waals surface area contributed by atoms with Crippen LogP contribution >= 0.6 is 11.6 Å². The van der Waals surface area contributed by atoms with Gasteiger partial charge in [-0.3, -0.25) is 4.57 Å². The minimum atomic E-state index is -0.276. The third-order valence-electron chi connectivity index (χ3n) is 2.63. The van der Waals surface area contributed by atoms with Crippen molar-refractivity contribution in [1.82, 2.24) is 9.55 Å². The molecular weight excluding hydrogens is 206 g/mol. The molecule has 1 aromatic heterocycles. The van der Waals surface area contributed by atoms with Gasteiger partial charge in [-0.25, -0.2) is 4.79 Å². The van der Waals surface area contributed by atoms with Gasteiger partial charge >= 0.3 is 5.69 Å². The van der Waals surface area contributed by atoms with Crippen LogP contribution in [-0.4, -0.2) is 28.9 Å². The Morgan fingerprint density at radius 3 is 3.36 bits per heavy atom. The summed E-state index contributed by atoms with van der Waals surface area (Å²) in [6, 6.07) is 1.97. The summed E-state index contributed by atoms with van der Waals surface area (Å²) in [5.74, 6) is 0.817. The number of fused-ring (bicyclic) bond motifs is 3. The van der Waals surface area contributed by atoms with Gasteiger partial charge in [0.15, 0.2) is 0 Å². The smallest absolute Gasteiger partial charge is 0.350 e. The number of aromatic nitrogens is 2. The van der Waals surface area contributed by atoms with Crippen molar-refractivity contribution in [1.29, 1.82) is 0 Å². The van der Waals surface area contributed by atoms with Crippen LogP contribution in [0, 0.1) is 0 Å². The quantitative estimate of drug-likeness (QED) is 0.573. The van der Waals surface area contributed by atoms with E-state index in [0.717, 1.165) is 5.82 Å². The molecule has 1 saturated heterocycles. The van der Waals surface area contributed by atoms with E-state index < -0.39 is 0 Å². The highest BCUT2D eigenvalue weighted by atomic mass is 35.5. The average molecular weight is 214 g/mol. The lowest BCUT2D eigenvalue weighted by Gasteiger charge is -2.13. The predicted molar refractivity (Wildman–Crippen MR) is 50.6 cm³/mol. The van der Waals surface area contributed by atoms with Crippen molar-refractivity contribution in [3.05, 3.63) is 21.7 Å². The molecule has 3 rings (SSSR count). The van der Waals surface area contributed by atoms with Gasteiger partial charge in [0.25, 0.3) is 0 Å². The molecule has 0 bridgehead atoms. The standard InChI is InChI=1S/C8H8ClN3O2/c9-6-1-7-11(8(13)10-6)2-5-3-14-4-12(5)7/h1,5H,2-4H2/t5-/m0/s1. The zero-order chi connectivity index (χ0) is 9.71. The van der Waals surface area contributed by atoms with Crippen molar-refractivity contribution in [2.75, 3.05) is 18.2 Å². The first-order valence-corrected chi connectivity index (χ1v) is 4.75. The number of hydrogen-bond acceptors (Lipinski definition) is 4. The minimum absolute atomic E-state index is 0.244. The Balaban J connectivity index is 2.19. The Morgan fingerprint density at radius 2 is 2.50 bits per heavy atom. The topological polar surface area (TPSA) is 47.4 Å². The highest BCUT2D eigenvalue weighted by molar-refractivity contribution is 6.29. The molecule has 2 aliphatic heterocycles. The van der Waals surface area contributed by atoms with E-state index in [4.69, 9.17) is 16.3 Å². The van der Waals surface area contributed by atoms with Gasteiger partial charge in [0, 0.05) is 6.07 Å². The lowest BCUT2D eigenvalue weighted by Crippen LogP contribution is -2.26. The molecule has 5 nitrogen and oxygen atoms in total. The Morgan fingerprint density at radius 1 is 1.64 bits per heavy atom. The van der Waals surface area contributed by atoms with E-state index in [2.05, 4.69) is 4.98 Å². The summed E-state index contributed by atoms with van der Waals surface area (Å²) in [5.41, 5.74) is -0.276. The van der Waals surface area contributed by atoms with E-state index in [1.54, 1.807) is 10.6 Å². The van der Waals surface area contributed by atoms with Crippen LogP contribution < -0.4 is 10.6 Å². The summed E-state index contributed by atoms with van der Waals surface area (Å²) < 4.78 is 6.93. The van der Waals surface area contributed by atoms with Crippen molar-refractivity contribution in [3.63, 3.8) is 0 Å². The molecule has 0 amide bonds. The lowest BCUT2D eigenvalue weighted by atomic mass is 10.3. The highest BCUT2D eigenvalue weighted by Crippen LogP contribution is 2.28. The fourth-order valence-corrected chi connectivity index (χ4v) is 2.14. The second kappa shape index (κ2) is 2.71. The summed E-state index contributed by atoms with van der Waals surface area (Å²) >= 11 is 5.73. The number of anilines is 1. The molecule has 1 fully saturated rings. The predicted octanol–water partition coefficient (Wildman–Crippen LogP) is 0.0730. The van der Waals surface area contributed by atoms with Gasteiger partial charge in [-0.1, -0.05) is 11.6 Å². The van der Waals surface area contributed by atoms with Gasteiger partial charge in [0.1, 0.15) is 17.7 Å². The van der Waals surface area contributed by atoms with E-state index in [9.17, 15) is 4.79 Å². The average Bonchev–Trinajstić information content (AvgIpc) is 2.65. The minimum Gasteiger partial charge on any atom is -0.359 e. The molecule has 2 aliphatic rings. The van der Waals surface area contributed by atoms with E-state index in [0.29, 0.717) is 19.9 Å². The van der Waals surface area contributed by atoms with Gasteiger partial charge in [-0.2, -0.15) is 4.98 Å². The summed E-state index contributed by atoms with van der Waals surface area (Å²) in [6.45, 7) is 1.85. The Labute approximate surface area is 84.9 Å². The van der Waals surface area contributed by atoms with E-state index in [1.165, 1.54) is 0 Å². The summed E-state index contributed by atoms with van der Waals surface area (Å²) in [5, 5.41) is 0.244. The van der Waals surface area contributed by atoms with Crippen LogP contribution in [0.3, 0.4) is 0 Å². The number of hydrogen-bond donors (Lipinski definition) is 0. The maximum Gasteiger partial charge on any atom is 0.350 e. The molecule has 3 heterocycles. The maximum absolute atomic E-state index is 11.5. The first-order valence-electron chi connectivity index (χ1n) is 4.37. The van der Waals surface area contributed by atoms with Crippen molar-refractivity contribution in [3.8, 4) is 0 Å². The first kappa shape index (κ1) is 8.26. The SMILES string of the molecule is O=c1nc(Cl)cc2n1C[C@H]1COCN21. The van der Waals surface area contributed by atoms with Crippen molar-refractivity contribution < 1.29 is 4.74 Å². The monoisotopic (exact) mass is 213 g/mol. The van der Waals surface area contributed by atoms with Gasteiger partial charge in [-0.15, -0.1) is 0 Å². The molecule has 0 aromatic carbocycles. The number of rotatable bonds is 0. The van der Waals surface area contributed by atoms with Crippen LogP contribution in [0.4, 0.5) is 5.82 Å². The first-order chi connectivity index (χ1) is 6.75. The molecule has 74 valence electrons. The molecule has 0 aliphatic carbocycles. The molecule has 6 heteroatoms. The lowest BCUT2D eigenvalue weighted by molar-refractivity contribution is 0.189. The zero-order valence-corrected chi connectivity index (χ0v) is 8.07. The van der Waals surface area contributed by atoms with E-state index in [-0.39, 0.29) is 16.9 Å². The Bertz CT molecular complexity index is 445. The molecular formula is C8H8ClN3O2. The summed E-state index contributed by atoms with van der Waals surface area (Å²) in [6.07, 6.45) is 0. The highest BCUT2D eigenvalue weighted by Gasteiger charge is 2.34. The molecule has 0 spiro atoms. The van der Waals surface area contributed by atoms with Crippen molar-refractivity contribution in [2.45, 2.75) is 12.6 Å². The second-order valence-electron chi connectivity index (χ2n) is 3.45. The van der Waals surface area contributed by atoms with Crippen LogP contribution in [0.25, 0.3) is 0 Å². The molecule has 1 atom stereocenters. The number of ether oxygens (including phenoxy) is 1. The number of halogens is 1. The largest absolute Gasteiger partial charge is 0.359 e. The van der Waals surface area contributed by atoms with Gasteiger partial charge in [-0.05, 0) is 0 Å². The Kier molecular flexibility index (Phi) is 1.60. The third-order valence-corrected chi connectivity index (χ3v) is 2.82. The van der Waals surface area contributed by atoms with Crippen LogP contribution in [0.15, 0.2) is 10.9 Å². The molecule has 0 radical (unpaired) electrons. The molecule has 0 N–H and O–H groups in total. The van der Waals surface area contributed by atoms with Crippen LogP contribution in [0.1, 0.15) is 0 Å². The molecule has 1 aromatic rings. The van der Waals surface area contributed by atoms with Crippen molar-refractivity contribution >= 4 is 17.4 Å². The second-order valence-corrected chi connectivity index (χ2v) is 3.84. The van der Waals surface area contributed by atoms with E-state index >= 15 is 0 Å². The number of nitrogens with zero attached hydrogens (tertiary/aromatic N) is 3. The molecule has 14 heavy (non-hydrogen) atoms. The van der Waals surface area contributed by atoms with Gasteiger partial charge in [0.05, 0.1) is 19.2 Å². The summed E-state index contributed by atoms with van der Waals surface area (Å²) in [7, 11) is 0. The fraction of sp³-hybridized carbons (Fsp3) is 0.500. The van der Waals surface area contributed by atoms with Gasteiger partial charge < -0.3 is 9.64 Å². The summed E-state index contributed by atoms with van der Waals surface area (Å²) in [4.78, 5) is 17.2. The van der Waals surface area contributed by atoms with Crippen LogP contribution in [-0.2, 0) is 11.3 Å². The third kappa shape index (κ3) is 0.994. The van der Waals surface area contributed by atoms with E-state index in [1.807, 2.05) is 4.90 Å². The fourth-order valence-electron chi connectivity index (χ4n) is 1.97. The zero-order valence-electron chi connectivity index (χ0n) is 7.31. The van der Waals surface area contributed by atoms with Crippen molar-refractivity contribution in [2.24, 2.45) is 0 Å². The van der Waals surface area contributed by atoms with Crippen LogP contribution in [0.5, 0.6) is 0 Å². The normalized spacial score (nSPS) is 23.8. The molecule has 0 saturated carbocycles. The van der Waals surface area contributed by atoms with Crippen LogP contribution in [0.2, 0.25) is 5.15 Å². The maximum atomic E-state index is 11.5.